The highest BCUT2D eigenvalue weighted by atomic mass is 19.3. The summed E-state index contributed by atoms with van der Waals surface area (Å²) in [6.45, 7) is 10.8. The van der Waals surface area contributed by atoms with Crippen molar-refractivity contribution in [2.24, 2.45) is 5.92 Å². The highest BCUT2D eigenvalue weighted by Gasteiger charge is 2.47. The predicted octanol–water partition coefficient (Wildman–Crippen LogP) is 6.58. The van der Waals surface area contributed by atoms with Crippen molar-refractivity contribution < 1.29 is 13.6 Å². The number of amides is 1. The minimum absolute atomic E-state index is 0.0438. The molecule has 3 aliphatic rings. The number of aromatic amines is 1. The molecule has 0 bridgehead atoms. The summed E-state index contributed by atoms with van der Waals surface area (Å²) in [6, 6.07) is 11.7. The molecule has 1 fully saturated rings. The highest BCUT2D eigenvalue weighted by Crippen LogP contribution is 2.56. The van der Waals surface area contributed by atoms with E-state index >= 15 is 0 Å². The lowest BCUT2D eigenvalue weighted by Gasteiger charge is -2.38. The molecule has 3 N–H and O–H groups in total. The van der Waals surface area contributed by atoms with E-state index in [0.717, 1.165) is 58.2 Å². The minimum Gasteiger partial charge on any atom is -0.382 e. The number of allylic oxidation sites excluding steroid dienone is 4. The summed E-state index contributed by atoms with van der Waals surface area (Å²) < 4.78 is 29.3. The van der Waals surface area contributed by atoms with Gasteiger partial charge in [0.2, 0.25) is 0 Å². The van der Waals surface area contributed by atoms with Crippen molar-refractivity contribution >= 4 is 11.5 Å². The lowest BCUT2D eigenvalue weighted by molar-refractivity contribution is -0.00547. The summed E-state index contributed by atoms with van der Waals surface area (Å²) in [4.78, 5) is 29.5. The first-order chi connectivity index (χ1) is 21.2. The highest BCUT2D eigenvalue weighted by molar-refractivity contribution is 5.94. The van der Waals surface area contributed by atoms with Gasteiger partial charge in [-0.15, -0.1) is 0 Å². The summed E-state index contributed by atoms with van der Waals surface area (Å²) in [5.74, 6) is -2.75. The number of nitrogens with one attached hydrogen (secondary N) is 3. The number of hydrogen-bond acceptors (Lipinski definition) is 4. The molecule has 1 aromatic carbocycles. The third-order valence-electron chi connectivity index (χ3n) is 9.65. The monoisotopic (exact) mass is 604 g/mol. The van der Waals surface area contributed by atoms with Crippen LogP contribution in [0.15, 0.2) is 77.4 Å². The van der Waals surface area contributed by atoms with Crippen molar-refractivity contribution in [2.75, 3.05) is 26.2 Å². The van der Waals surface area contributed by atoms with E-state index in [-0.39, 0.29) is 29.5 Å². The number of alkyl halides is 2. The van der Waals surface area contributed by atoms with Gasteiger partial charge in [0.05, 0.1) is 12.0 Å². The zero-order valence-corrected chi connectivity index (χ0v) is 26.1. The Kier molecular flexibility index (Phi) is 9.88. The lowest BCUT2D eigenvalue weighted by Crippen LogP contribution is -2.45. The number of likely N-dealkylation sites (tertiary alicyclic amines) is 1. The van der Waals surface area contributed by atoms with Crippen molar-refractivity contribution in [1.82, 2.24) is 20.5 Å². The molecular formula is C36H46F2N4O2. The molecule has 1 amide bonds. The Morgan fingerprint density at radius 2 is 1.93 bits per heavy atom. The number of halogens is 2. The fourth-order valence-electron chi connectivity index (χ4n) is 7.36. The first-order valence-electron chi connectivity index (χ1n) is 16.2. The van der Waals surface area contributed by atoms with Crippen molar-refractivity contribution in [3.63, 3.8) is 0 Å². The van der Waals surface area contributed by atoms with Gasteiger partial charge in [0.25, 0.3) is 17.4 Å². The second-order valence-corrected chi connectivity index (χ2v) is 12.7. The van der Waals surface area contributed by atoms with E-state index in [0.29, 0.717) is 18.0 Å². The van der Waals surface area contributed by atoms with Crippen LogP contribution in [0.2, 0.25) is 0 Å². The molecular weight excluding hydrogens is 558 g/mol. The van der Waals surface area contributed by atoms with Crippen LogP contribution in [0.1, 0.15) is 86.7 Å². The number of carbonyl (C=O) groups is 1. The molecule has 8 heteroatoms. The average Bonchev–Trinajstić information content (AvgIpc) is 3.30. The van der Waals surface area contributed by atoms with Gasteiger partial charge in [-0.05, 0) is 79.0 Å². The second-order valence-electron chi connectivity index (χ2n) is 12.7. The smallest absolute Gasteiger partial charge is 0.264 e. The summed E-state index contributed by atoms with van der Waals surface area (Å²) >= 11 is 0. The van der Waals surface area contributed by atoms with Gasteiger partial charge in [0, 0.05) is 37.4 Å². The van der Waals surface area contributed by atoms with E-state index in [1.54, 1.807) is 19.1 Å². The van der Waals surface area contributed by atoms with Crippen molar-refractivity contribution in [1.29, 1.82) is 0 Å². The third kappa shape index (κ3) is 6.60. The Labute approximate surface area is 259 Å². The molecule has 0 spiro atoms. The molecule has 2 aliphatic carbocycles. The first kappa shape index (κ1) is 31.9. The molecule has 1 aliphatic heterocycles. The van der Waals surface area contributed by atoms with E-state index in [1.807, 2.05) is 0 Å². The number of pyridine rings is 1. The standard InChI is InChI=1S/C36H46F2N4O2/c1-4-18-35(37,38)24-40-26(3)36(30-14-6-5-12-28(30)32-25(2)11-9-15-31(32)36)19-7-8-21-42-22-16-27(17-23-42)41-34(44)29-13-10-20-39-33(29)43/h5-6,9-10,12-15,20,25,27,40H,3-4,7-8,11,16-19,21-24H2,1-2H3,(H,39,43)(H,41,44). The first-order valence-corrected chi connectivity index (χ1v) is 16.2. The van der Waals surface area contributed by atoms with Crippen LogP contribution < -0.4 is 16.2 Å². The molecule has 6 nitrogen and oxygen atoms in total. The van der Waals surface area contributed by atoms with Crippen molar-refractivity contribution in [3.8, 4) is 0 Å². The summed E-state index contributed by atoms with van der Waals surface area (Å²) in [6.07, 6.45) is 11.6. The van der Waals surface area contributed by atoms with Gasteiger partial charge in [-0.25, -0.2) is 8.78 Å². The van der Waals surface area contributed by atoms with Crippen molar-refractivity contribution in [2.45, 2.75) is 82.6 Å². The van der Waals surface area contributed by atoms with Crippen LogP contribution in [0.3, 0.4) is 0 Å². The number of carbonyl (C=O) groups excluding carboxylic acids is 1. The summed E-state index contributed by atoms with van der Waals surface area (Å²) in [5, 5.41) is 6.15. The Morgan fingerprint density at radius 3 is 2.68 bits per heavy atom. The van der Waals surface area contributed by atoms with Crippen LogP contribution in [-0.4, -0.2) is 53.9 Å². The van der Waals surface area contributed by atoms with Crippen LogP contribution in [0, 0.1) is 5.92 Å². The molecule has 5 rings (SSSR count). The minimum atomic E-state index is -2.79. The number of unbranched alkanes of at least 4 members (excludes halogenated alkanes) is 1. The number of fused-ring (bicyclic) bond motifs is 2. The molecule has 2 unspecified atom stereocenters. The molecule has 2 aromatic rings. The molecule has 1 saturated heterocycles. The van der Waals surface area contributed by atoms with Crippen LogP contribution in [0.4, 0.5) is 8.78 Å². The Hall–Kier alpha value is -3.52. The number of benzene rings is 1. The molecule has 44 heavy (non-hydrogen) atoms. The van der Waals surface area contributed by atoms with Gasteiger partial charge in [-0.1, -0.05) is 69.7 Å². The number of rotatable bonds is 13. The Bertz CT molecular complexity index is 1470. The Balaban J connectivity index is 1.23. The van der Waals surface area contributed by atoms with Gasteiger partial charge >= 0.3 is 0 Å². The van der Waals surface area contributed by atoms with E-state index in [9.17, 15) is 18.4 Å². The fourth-order valence-corrected chi connectivity index (χ4v) is 7.36. The van der Waals surface area contributed by atoms with E-state index < -0.39 is 17.9 Å². The number of hydrogen-bond donors (Lipinski definition) is 3. The lowest BCUT2D eigenvalue weighted by atomic mass is 9.69. The predicted molar refractivity (Wildman–Crippen MR) is 173 cm³/mol. The van der Waals surface area contributed by atoms with Crippen LogP contribution in [0.25, 0.3) is 5.57 Å². The SMILES string of the molecule is C=C(NCC(F)(F)CCC)C1(CCCCN2CCC(NC(=O)c3ccc[nH]c3=O)CC2)C2=C(c3ccccc31)C(C)CC=C2. The van der Waals surface area contributed by atoms with Gasteiger partial charge in [-0.2, -0.15) is 0 Å². The number of piperidine rings is 1. The van der Waals surface area contributed by atoms with E-state index in [4.69, 9.17) is 0 Å². The molecule has 2 atom stereocenters. The normalized spacial score (nSPS) is 22.0. The van der Waals surface area contributed by atoms with Crippen LogP contribution in [-0.2, 0) is 5.41 Å². The molecule has 0 radical (unpaired) electrons. The Morgan fingerprint density at radius 1 is 1.16 bits per heavy atom. The number of aromatic nitrogens is 1. The zero-order chi connectivity index (χ0) is 31.3. The van der Waals surface area contributed by atoms with Crippen LogP contribution >= 0.6 is 0 Å². The van der Waals surface area contributed by atoms with Crippen LogP contribution in [0.5, 0.6) is 0 Å². The number of H-pyrrole nitrogens is 1. The quantitative estimate of drug-likeness (QED) is 0.226. The largest absolute Gasteiger partial charge is 0.382 e. The molecule has 0 saturated carbocycles. The molecule has 1 aromatic heterocycles. The van der Waals surface area contributed by atoms with E-state index in [1.165, 1.54) is 28.5 Å². The summed E-state index contributed by atoms with van der Waals surface area (Å²) in [5.41, 5.74) is 4.82. The third-order valence-corrected chi connectivity index (χ3v) is 9.65. The average molecular weight is 605 g/mol. The second kappa shape index (κ2) is 13.6. The maximum Gasteiger partial charge on any atom is 0.264 e. The number of nitrogens with zero attached hydrogens (tertiary/aromatic N) is 1. The van der Waals surface area contributed by atoms with Gasteiger partial charge in [0.15, 0.2) is 0 Å². The maximum absolute atomic E-state index is 14.6. The van der Waals surface area contributed by atoms with E-state index in [2.05, 4.69) is 70.4 Å². The molecule has 2 heterocycles. The molecule has 236 valence electrons. The van der Waals surface area contributed by atoms with Gasteiger partial charge < -0.3 is 20.5 Å². The fraction of sp³-hybridized carbons (Fsp3) is 0.500. The maximum atomic E-state index is 14.6. The summed E-state index contributed by atoms with van der Waals surface area (Å²) in [7, 11) is 0. The van der Waals surface area contributed by atoms with Gasteiger partial charge in [0.1, 0.15) is 5.56 Å². The van der Waals surface area contributed by atoms with Crippen molar-refractivity contribution in [3.05, 3.63) is 99.6 Å². The zero-order valence-electron chi connectivity index (χ0n) is 26.1. The van der Waals surface area contributed by atoms with Gasteiger partial charge in [-0.3, -0.25) is 9.59 Å². The topological polar surface area (TPSA) is 77.2 Å².